The van der Waals surface area contributed by atoms with E-state index in [-0.39, 0.29) is 27.9 Å². The largest absolute Gasteiger partial charge is 0.384 e. The van der Waals surface area contributed by atoms with Gasteiger partial charge in [0.15, 0.2) is 5.78 Å². The third-order valence-electron chi connectivity index (χ3n) is 5.17. The lowest BCUT2D eigenvalue weighted by Gasteiger charge is -2.39. The molecule has 7 nitrogen and oxygen atoms in total. The number of carbonyl (C=O) groups excluding carboxylic acids is 1. The van der Waals surface area contributed by atoms with Crippen molar-refractivity contribution in [1.29, 1.82) is 5.26 Å². The van der Waals surface area contributed by atoms with Crippen molar-refractivity contribution in [2.75, 3.05) is 4.90 Å². The number of halogens is 2. The first-order valence-corrected chi connectivity index (χ1v) is 11.0. The second-order valence-corrected chi connectivity index (χ2v) is 9.14. The molecule has 1 atom stereocenters. The summed E-state index contributed by atoms with van der Waals surface area (Å²) in [6.07, 6.45) is 1.62. The first-order valence-electron chi connectivity index (χ1n) is 8.97. The number of nitriles is 1. The van der Waals surface area contributed by atoms with E-state index >= 15 is 0 Å². The summed E-state index contributed by atoms with van der Waals surface area (Å²) in [6.45, 7) is 0. The van der Waals surface area contributed by atoms with Crippen molar-refractivity contribution >= 4 is 56.0 Å². The summed E-state index contributed by atoms with van der Waals surface area (Å²) >= 11 is 11.2. The lowest BCUT2D eigenvalue weighted by molar-refractivity contribution is -0.384. The second-order valence-electron chi connectivity index (χ2n) is 6.88. The Morgan fingerprint density at radius 1 is 1.37 bits per heavy atom. The van der Waals surface area contributed by atoms with Gasteiger partial charge < -0.3 is 5.73 Å². The van der Waals surface area contributed by atoms with Crippen molar-refractivity contribution in [2.45, 2.75) is 25.2 Å². The van der Waals surface area contributed by atoms with E-state index in [9.17, 15) is 20.2 Å². The molecule has 2 aromatic rings. The number of Topliss-reactive ketones (excluding diaryl/α,β-unsaturated/α-hetero) is 1. The number of nitrogens with zero attached hydrogens (tertiary/aromatic N) is 3. The van der Waals surface area contributed by atoms with E-state index < -0.39 is 10.8 Å². The van der Waals surface area contributed by atoms with Gasteiger partial charge >= 0.3 is 0 Å². The highest BCUT2D eigenvalue weighted by Crippen LogP contribution is 2.49. The molecule has 1 aliphatic carbocycles. The summed E-state index contributed by atoms with van der Waals surface area (Å²) in [6, 6.07) is 8.13. The number of carbonyl (C=O) groups is 1. The number of thiophene rings is 1. The summed E-state index contributed by atoms with van der Waals surface area (Å²) in [4.78, 5) is 26.0. The van der Waals surface area contributed by atoms with Crippen LogP contribution in [0.5, 0.6) is 0 Å². The van der Waals surface area contributed by atoms with Crippen molar-refractivity contribution in [3.63, 3.8) is 0 Å². The van der Waals surface area contributed by atoms with Crippen LogP contribution in [0.1, 0.15) is 30.1 Å². The molecule has 2 aliphatic rings. The number of rotatable bonds is 3. The van der Waals surface area contributed by atoms with Crippen LogP contribution >= 0.6 is 38.9 Å². The number of nitro groups is 1. The van der Waals surface area contributed by atoms with Crippen LogP contribution in [0, 0.1) is 21.4 Å². The van der Waals surface area contributed by atoms with Crippen LogP contribution < -0.4 is 10.6 Å². The standard InChI is InChI=1S/C20H14BrClN4O3S/c21-10-6-17(30-9-10)18-12(8-23)20(24)25(15-2-1-3-16(27)19(15)18)14-5-4-11(26(28)29)7-13(14)22/h4-7,9,18H,1-3,24H2/t18-/m1/s1. The smallest absolute Gasteiger partial charge is 0.271 e. The van der Waals surface area contributed by atoms with Gasteiger partial charge in [-0.25, -0.2) is 0 Å². The van der Waals surface area contributed by atoms with E-state index in [2.05, 4.69) is 22.0 Å². The van der Waals surface area contributed by atoms with Crippen LogP contribution in [0.25, 0.3) is 0 Å². The van der Waals surface area contributed by atoms with Crippen LogP contribution in [0.4, 0.5) is 11.4 Å². The summed E-state index contributed by atoms with van der Waals surface area (Å²) < 4.78 is 0.865. The average Bonchev–Trinajstić information content (AvgIpc) is 3.13. The predicted octanol–water partition coefficient (Wildman–Crippen LogP) is 5.38. The highest BCUT2D eigenvalue weighted by atomic mass is 79.9. The van der Waals surface area contributed by atoms with E-state index in [1.165, 1.54) is 29.5 Å². The number of non-ortho nitro benzene ring substituents is 1. The number of hydrogen-bond acceptors (Lipinski definition) is 7. The fraction of sp³-hybridized carbons (Fsp3) is 0.200. The van der Waals surface area contributed by atoms with Crippen LogP contribution in [-0.2, 0) is 4.79 Å². The van der Waals surface area contributed by atoms with Gasteiger partial charge in [-0.1, -0.05) is 11.6 Å². The van der Waals surface area contributed by atoms with Gasteiger partial charge in [-0.3, -0.25) is 19.8 Å². The zero-order valence-corrected chi connectivity index (χ0v) is 18.6. The van der Waals surface area contributed by atoms with Crippen molar-refractivity contribution in [3.8, 4) is 6.07 Å². The van der Waals surface area contributed by atoms with Gasteiger partial charge in [0.05, 0.1) is 33.2 Å². The molecule has 10 heteroatoms. The summed E-state index contributed by atoms with van der Waals surface area (Å²) in [5.41, 5.74) is 8.19. The Morgan fingerprint density at radius 3 is 2.73 bits per heavy atom. The maximum atomic E-state index is 13.0. The SMILES string of the molecule is N#CC1=C(N)N(c2ccc([N+](=O)[O-])cc2Cl)C2=C(C(=O)CCC2)[C@H]1c1cc(Br)cs1. The van der Waals surface area contributed by atoms with E-state index in [4.69, 9.17) is 17.3 Å². The molecule has 4 rings (SSSR count). The molecule has 2 heterocycles. The van der Waals surface area contributed by atoms with Gasteiger partial charge in [-0.15, -0.1) is 11.3 Å². The molecule has 1 aliphatic heterocycles. The molecule has 0 radical (unpaired) electrons. The number of nitrogens with two attached hydrogens (primary N) is 1. The second kappa shape index (κ2) is 7.87. The quantitative estimate of drug-likeness (QED) is 0.443. The number of hydrogen-bond donors (Lipinski definition) is 1. The van der Waals surface area contributed by atoms with E-state index in [1.54, 1.807) is 4.90 Å². The molecule has 0 amide bonds. The van der Waals surface area contributed by atoms with Gasteiger partial charge in [0.1, 0.15) is 5.82 Å². The van der Waals surface area contributed by atoms with Gasteiger partial charge in [0.2, 0.25) is 0 Å². The average molecular weight is 506 g/mol. The zero-order chi connectivity index (χ0) is 21.6. The van der Waals surface area contributed by atoms with Crippen LogP contribution in [-0.4, -0.2) is 10.7 Å². The van der Waals surface area contributed by atoms with Crippen LogP contribution in [0.2, 0.25) is 5.02 Å². The van der Waals surface area contributed by atoms with Gasteiger partial charge in [0.25, 0.3) is 5.69 Å². The Labute approximate surface area is 189 Å². The highest BCUT2D eigenvalue weighted by Gasteiger charge is 2.41. The number of nitro benzene ring substituents is 1. The molecular formula is C20H14BrClN4O3S. The van der Waals surface area contributed by atoms with Crippen molar-refractivity contribution in [3.05, 3.63) is 76.8 Å². The highest BCUT2D eigenvalue weighted by molar-refractivity contribution is 9.10. The Morgan fingerprint density at radius 2 is 2.13 bits per heavy atom. The normalized spacial score (nSPS) is 19.0. The fourth-order valence-corrected chi connectivity index (χ4v) is 5.74. The summed E-state index contributed by atoms with van der Waals surface area (Å²) in [5, 5.41) is 23.0. The van der Waals surface area contributed by atoms with Gasteiger partial charge in [0, 0.05) is 44.6 Å². The van der Waals surface area contributed by atoms with Crippen molar-refractivity contribution in [2.24, 2.45) is 5.73 Å². The zero-order valence-electron chi connectivity index (χ0n) is 15.4. The molecular weight excluding hydrogens is 492 g/mol. The first-order chi connectivity index (χ1) is 14.3. The van der Waals surface area contributed by atoms with Gasteiger partial charge in [-0.2, -0.15) is 5.26 Å². The van der Waals surface area contributed by atoms with Gasteiger partial charge in [-0.05, 0) is 40.9 Å². The first kappa shape index (κ1) is 20.6. The Balaban J connectivity index is 1.96. The number of allylic oxidation sites excluding steroid dienone is 3. The van der Waals surface area contributed by atoms with E-state index in [0.29, 0.717) is 36.2 Å². The fourth-order valence-electron chi connectivity index (χ4n) is 3.92. The number of ketones is 1. The molecule has 1 aromatic carbocycles. The summed E-state index contributed by atoms with van der Waals surface area (Å²) in [5.74, 6) is -0.396. The Kier molecular flexibility index (Phi) is 5.40. The minimum atomic E-state index is -0.540. The van der Waals surface area contributed by atoms with Crippen LogP contribution in [0.15, 0.2) is 56.8 Å². The molecule has 2 N–H and O–H groups in total. The molecule has 0 unspecified atom stereocenters. The van der Waals surface area contributed by atoms with E-state index in [1.807, 2.05) is 11.4 Å². The Bertz CT molecular complexity index is 1200. The Hall–Kier alpha value is -2.67. The summed E-state index contributed by atoms with van der Waals surface area (Å²) in [7, 11) is 0. The third-order valence-corrected chi connectivity index (χ3v) is 7.23. The lowest BCUT2D eigenvalue weighted by atomic mass is 9.78. The minimum absolute atomic E-state index is 0.0333. The molecule has 152 valence electrons. The minimum Gasteiger partial charge on any atom is -0.384 e. The number of anilines is 1. The molecule has 0 saturated heterocycles. The van der Waals surface area contributed by atoms with Crippen LogP contribution in [0.3, 0.4) is 0 Å². The maximum Gasteiger partial charge on any atom is 0.271 e. The third kappa shape index (κ3) is 3.31. The predicted molar refractivity (Wildman–Crippen MR) is 118 cm³/mol. The maximum absolute atomic E-state index is 13.0. The van der Waals surface area contributed by atoms with Crippen molar-refractivity contribution in [1.82, 2.24) is 0 Å². The van der Waals surface area contributed by atoms with Crippen molar-refractivity contribution < 1.29 is 9.72 Å². The molecule has 1 aromatic heterocycles. The topological polar surface area (TPSA) is 113 Å². The van der Waals surface area contributed by atoms with E-state index in [0.717, 1.165) is 9.35 Å². The monoisotopic (exact) mass is 504 g/mol. The molecule has 0 bridgehead atoms. The molecule has 0 fully saturated rings. The molecule has 0 saturated carbocycles. The number of benzene rings is 1. The molecule has 30 heavy (non-hydrogen) atoms. The lowest BCUT2D eigenvalue weighted by Crippen LogP contribution is -2.38. The molecule has 0 spiro atoms.